The second-order valence-electron chi connectivity index (χ2n) is 12.8. The number of aromatic nitrogens is 4. The molecule has 6 heteroatoms. The molecule has 0 aliphatic carbocycles. The molecule has 0 unspecified atom stereocenters. The van der Waals surface area contributed by atoms with Gasteiger partial charge in [0.05, 0.1) is 28.1 Å². The largest absolute Gasteiger partial charge is 0.387 e. The second-order valence-corrected chi connectivity index (χ2v) is 12.8. The maximum atomic E-state index is 4.50. The topological polar surface area (TPSA) is 59.7 Å². The molecule has 4 aromatic carbocycles. The summed E-state index contributed by atoms with van der Waals surface area (Å²) >= 11 is 0. The van der Waals surface area contributed by atoms with Crippen molar-refractivity contribution in [1.29, 1.82) is 0 Å². The van der Waals surface area contributed by atoms with Gasteiger partial charge in [0.15, 0.2) is 0 Å². The SMILES string of the molecule is C1=Cc2c(c3cnccc3n2-c2ccc(-c3ccccc3)c(-c3cc(-n4c5c(c6cnccc64)CNC=C5)ccc3-c3ccccc3)c2)NC1. The minimum Gasteiger partial charge on any atom is -0.387 e. The number of benzene rings is 4. The highest BCUT2D eigenvalue weighted by molar-refractivity contribution is 6.01. The first kappa shape index (κ1) is 28.4. The van der Waals surface area contributed by atoms with Gasteiger partial charge in [0.25, 0.3) is 0 Å². The summed E-state index contributed by atoms with van der Waals surface area (Å²) in [6.45, 7) is 1.57. The van der Waals surface area contributed by atoms with Crippen molar-refractivity contribution < 1.29 is 0 Å². The number of hydrogen-bond acceptors (Lipinski definition) is 4. The first-order chi connectivity index (χ1) is 24.8. The van der Waals surface area contributed by atoms with Gasteiger partial charge in [-0.3, -0.25) is 9.97 Å². The van der Waals surface area contributed by atoms with Crippen LogP contribution >= 0.6 is 0 Å². The molecule has 0 saturated carbocycles. The molecule has 238 valence electrons. The molecule has 0 fully saturated rings. The van der Waals surface area contributed by atoms with Crippen LogP contribution in [-0.2, 0) is 6.54 Å². The lowest BCUT2D eigenvalue weighted by atomic mass is 9.88. The Morgan fingerprint density at radius 1 is 0.560 bits per heavy atom. The Hall–Kier alpha value is -6.66. The van der Waals surface area contributed by atoms with E-state index < -0.39 is 0 Å². The van der Waals surface area contributed by atoms with Crippen LogP contribution in [0.4, 0.5) is 5.69 Å². The number of pyridine rings is 2. The van der Waals surface area contributed by atoms with Crippen LogP contribution in [0.3, 0.4) is 0 Å². The van der Waals surface area contributed by atoms with Gasteiger partial charge in [-0.25, -0.2) is 0 Å². The van der Waals surface area contributed by atoms with E-state index >= 15 is 0 Å². The van der Waals surface area contributed by atoms with Crippen LogP contribution in [0.25, 0.3) is 78.7 Å². The molecule has 0 saturated heterocycles. The normalized spacial score (nSPS) is 13.2. The van der Waals surface area contributed by atoms with Gasteiger partial charge in [-0.05, 0) is 88.1 Å². The average Bonchev–Trinajstić information content (AvgIpc) is 3.71. The van der Waals surface area contributed by atoms with Gasteiger partial charge in [-0.1, -0.05) is 78.9 Å². The van der Waals surface area contributed by atoms with Crippen LogP contribution < -0.4 is 10.6 Å². The maximum absolute atomic E-state index is 4.50. The van der Waals surface area contributed by atoms with Crippen molar-refractivity contribution in [2.45, 2.75) is 6.54 Å². The van der Waals surface area contributed by atoms with E-state index in [0.29, 0.717) is 0 Å². The summed E-state index contributed by atoms with van der Waals surface area (Å²) in [5.41, 5.74) is 16.2. The minimum atomic E-state index is 0.768. The molecule has 50 heavy (non-hydrogen) atoms. The van der Waals surface area contributed by atoms with Crippen LogP contribution in [0, 0.1) is 0 Å². The smallest absolute Gasteiger partial charge is 0.0698 e. The standard InChI is InChI=1S/C44H32N6/c1-3-8-29(9-4-1)33-15-13-31(49-40-17-21-45-26-37(40)38-27-46-22-18-41(38)49)24-35(33)36-25-32(14-16-34(36)30-10-5-2-6-11-30)50-42-19-23-47-28-39(42)44-43(50)12-7-20-48-44/h1-19,21-26,28,46,48H,20,27H2. The Balaban J connectivity index is 1.28. The first-order valence-corrected chi connectivity index (χ1v) is 17.0. The zero-order valence-corrected chi connectivity index (χ0v) is 27.2. The van der Waals surface area contributed by atoms with Crippen LogP contribution in [-0.4, -0.2) is 25.6 Å². The third kappa shape index (κ3) is 4.42. The highest BCUT2D eigenvalue weighted by atomic mass is 15.0. The van der Waals surface area contributed by atoms with E-state index in [4.69, 9.17) is 0 Å². The van der Waals surface area contributed by atoms with Crippen molar-refractivity contribution in [1.82, 2.24) is 24.4 Å². The lowest BCUT2D eigenvalue weighted by molar-refractivity contribution is 0.855. The van der Waals surface area contributed by atoms with E-state index in [9.17, 15) is 0 Å². The molecule has 0 radical (unpaired) electrons. The molecule has 2 N–H and O–H groups in total. The van der Waals surface area contributed by atoms with Crippen molar-refractivity contribution in [2.24, 2.45) is 0 Å². The molecule has 2 aliphatic rings. The van der Waals surface area contributed by atoms with E-state index in [0.717, 1.165) is 63.4 Å². The van der Waals surface area contributed by atoms with Gasteiger partial charge in [0, 0.05) is 65.6 Å². The van der Waals surface area contributed by atoms with E-state index in [2.05, 4.69) is 157 Å². The van der Waals surface area contributed by atoms with Crippen LogP contribution in [0.2, 0.25) is 0 Å². The summed E-state index contributed by atoms with van der Waals surface area (Å²) in [6, 6.07) is 39.5. The van der Waals surface area contributed by atoms with E-state index in [1.54, 1.807) is 0 Å². The molecule has 0 amide bonds. The molecular formula is C44H32N6. The predicted molar refractivity (Wildman–Crippen MR) is 205 cm³/mol. The van der Waals surface area contributed by atoms with Crippen molar-refractivity contribution >= 4 is 39.6 Å². The van der Waals surface area contributed by atoms with Crippen molar-refractivity contribution in [2.75, 3.05) is 11.9 Å². The van der Waals surface area contributed by atoms with Crippen LogP contribution in [0.5, 0.6) is 0 Å². The molecule has 0 bridgehead atoms. The Labute approximate surface area is 289 Å². The Morgan fingerprint density at radius 3 is 1.82 bits per heavy atom. The average molecular weight is 645 g/mol. The summed E-state index contributed by atoms with van der Waals surface area (Å²) in [5, 5.41) is 9.30. The zero-order valence-electron chi connectivity index (χ0n) is 27.2. The molecular weight excluding hydrogens is 613 g/mol. The fourth-order valence-electron chi connectivity index (χ4n) is 7.79. The summed E-state index contributed by atoms with van der Waals surface area (Å²) in [4.78, 5) is 8.98. The quantitative estimate of drug-likeness (QED) is 0.196. The zero-order chi connectivity index (χ0) is 33.0. The fraction of sp³-hybridized carbons (Fsp3) is 0.0455. The van der Waals surface area contributed by atoms with Crippen LogP contribution in [0.15, 0.2) is 146 Å². The molecule has 0 atom stereocenters. The fourth-order valence-corrected chi connectivity index (χ4v) is 7.79. The molecule has 10 rings (SSSR count). The van der Waals surface area contributed by atoms with Gasteiger partial charge < -0.3 is 19.8 Å². The monoisotopic (exact) mass is 644 g/mol. The van der Waals surface area contributed by atoms with Crippen molar-refractivity contribution in [3.63, 3.8) is 0 Å². The third-order valence-electron chi connectivity index (χ3n) is 10.0. The van der Waals surface area contributed by atoms with E-state index in [-0.39, 0.29) is 0 Å². The van der Waals surface area contributed by atoms with Crippen molar-refractivity contribution in [3.8, 4) is 44.8 Å². The molecule has 0 spiro atoms. The minimum absolute atomic E-state index is 0.768. The van der Waals surface area contributed by atoms with Gasteiger partial charge in [-0.15, -0.1) is 0 Å². The number of hydrogen-bond donors (Lipinski definition) is 2. The van der Waals surface area contributed by atoms with Gasteiger partial charge in [-0.2, -0.15) is 0 Å². The third-order valence-corrected chi connectivity index (χ3v) is 10.0. The van der Waals surface area contributed by atoms with E-state index in [1.165, 1.54) is 38.9 Å². The molecule has 8 aromatic rings. The number of anilines is 1. The predicted octanol–water partition coefficient (Wildman–Crippen LogP) is 9.88. The van der Waals surface area contributed by atoms with Gasteiger partial charge >= 0.3 is 0 Å². The van der Waals surface area contributed by atoms with E-state index in [1.807, 2.05) is 31.0 Å². The Kier molecular flexibility index (Phi) is 6.52. The molecule has 6 nitrogen and oxygen atoms in total. The van der Waals surface area contributed by atoms with Crippen molar-refractivity contribution in [3.05, 3.63) is 163 Å². The second kappa shape index (κ2) is 11.5. The number of fused-ring (bicyclic) bond motifs is 6. The number of nitrogens with zero attached hydrogens (tertiary/aromatic N) is 4. The summed E-state index contributed by atoms with van der Waals surface area (Å²) in [6.07, 6.45) is 16.4. The van der Waals surface area contributed by atoms with Crippen LogP contribution in [0.1, 0.15) is 17.0 Å². The highest BCUT2D eigenvalue weighted by Gasteiger charge is 2.23. The summed E-state index contributed by atoms with van der Waals surface area (Å²) in [7, 11) is 0. The van der Waals surface area contributed by atoms with Gasteiger partial charge in [0.2, 0.25) is 0 Å². The highest BCUT2D eigenvalue weighted by Crippen LogP contribution is 2.43. The molecule has 6 heterocycles. The lowest BCUT2D eigenvalue weighted by Gasteiger charge is -2.20. The summed E-state index contributed by atoms with van der Waals surface area (Å²) < 4.78 is 4.74. The summed E-state index contributed by atoms with van der Waals surface area (Å²) in [5.74, 6) is 0. The number of rotatable bonds is 5. The Bertz CT molecular complexity index is 2460. The first-order valence-electron chi connectivity index (χ1n) is 17.0. The maximum Gasteiger partial charge on any atom is 0.0698 e. The molecule has 4 aromatic heterocycles. The lowest BCUT2D eigenvalue weighted by Crippen LogP contribution is -2.11. The number of nitrogens with one attached hydrogen (secondary N) is 2. The molecule has 2 aliphatic heterocycles. The Morgan fingerprint density at radius 2 is 1.16 bits per heavy atom. The van der Waals surface area contributed by atoms with Gasteiger partial charge in [0.1, 0.15) is 0 Å².